The molecular weight excluding hydrogens is 341 g/mol. The fourth-order valence-electron chi connectivity index (χ4n) is 2.90. The predicted molar refractivity (Wildman–Crippen MR) is 81.1 cm³/mol. The van der Waals surface area contributed by atoms with Crippen LogP contribution in [-0.2, 0) is 0 Å². The van der Waals surface area contributed by atoms with E-state index in [1.807, 2.05) is 4.98 Å². The van der Waals surface area contributed by atoms with Gasteiger partial charge in [0.1, 0.15) is 5.69 Å². The third-order valence-corrected chi connectivity index (χ3v) is 4.05. The minimum Gasteiger partial charge on any atom is -0.313 e. The van der Waals surface area contributed by atoms with Crippen LogP contribution in [0.25, 0.3) is 16.9 Å². The van der Waals surface area contributed by atoms with Gasteiger partial charge in [0.15, 0.2) is 5.65 Å². The number of imidazole rings is 1. The summed E-state index contributed by atoms with van der Waals surface area (Å²) < 4.78 is 43.0. The van der Waals surface area contributed by atoms with Gasteiger partial charge < -0.3 is 9.88 Å². The molecule has 130 valence electrons. The van der Waals surface area contributed by atoms with Crippen molar-refractivity contribution in [2.45, 2.75) is 18.9 Å². The van der Waals surface area contributed by atoms with Crippen LogP contribution in [-0.4, -0.2) is 37.2 Å². The van der Waals surface area contributed by atoms with Crippen molar-refractivity contribution in [1.82, 2.24) is 24.6 Å². The maximum Gasteiger partial charge on any atom is 0.325 e. The molecule has 0 atom stereocenters. The topological polar surface area (TPSA) is 99.2 Å². The maximum absolute atomic E-state index is 14.2. The highest BCUT2D eigenvalue weighted by Crippen LogP contribution is 2.39. The van der Waals surface area contributed by atoms with Crippen molar-refractivity contribution in [3.63, 3.8) is 0 Å². The average molecular weight is 352 g/mol. The molecule has 0 spiro atoms. The molecule has 2 N–H and O–H groups in total. The number of hydrogen-bond acceptors (Lipinski definition) is 5. The van der Waals surface area contributed by atoms with Crippen molar-refractivity contribution in [3.05, 3.63) is 45.2 Å². The Labute approximate surface area is 136 Å². The smallest absolute Gasteiger partial charge is 0.313 e. The molecular formula is C14H11F3N6O2. The van der Waals surface area contributed by atoms with Crippen LogP contribution in [0.5, 0.6) is 0 Å². The van der Waals surface area contributed by atoms with E-state index in [4.69, 9.17) is 0 Å². The molecule has 8 nitrogen and oxygen atoms in total. The molecule has 0 saturated carbocycles. The second-order valence-corrected chi connectivity index (χ2v) is 5.64. The molecule has 0 radical (unpaired) electrons. The molecule has 0 amide bonds. The van der Waals surface area contributed by atoms with Crippen molar-refractivity contribution >= 4 is 11.3 Å². The number of halogens is 3. The number of aromatic nitrogens is 5. The molecule has 3 aromatic heterocycles. The summed E-state index contributed by atoms with van der Waals surface area (Å²) in [7, 11) is 0. The summed E-state index contributed by atoms with van der Waals surface area (Å²) in [6.07, 6.45) is 1.88. The molecule has 0 aliphatic carbocycles. The normalized spacial score (nSPS) is 16.7. The Morgan fingerprint density at radius 2 is 2.08 bits per heavy atom. The molecule has 11 heteroatoms. The molecule has 25 heavy (non-hydrogen) atoms. The summed E-state index contributed by atoms with van der Waals surface area (Å²) >= 11 is 0. The van der Waals surface area contributed by atoms with Crippen molar-refractivity contribution < 1.29 is 13.2 Å². The highest BCUT2D eigenvalue weighted by atomic mass is 19.3. The zero-order valence-corrected chi connectivity index (χ0v) is 12.6. The standard InChI is InChI=1S/C14H11F3N6O2/c15-10-6-18-11-9(22-3-1-2-14(22,16)17)4-8(21-23(10)11)7-5-19-13(25)20-12(7)24/h4-6H,1-3H2,(H2,19,20,24,25). The number of nitrogens with zero attached hydrogens (tertiary/aromatic N) is 4. The third-order valence-electron chi connectivity index (χ3n) is 4.05. The van der Waals surface area contributed by atoms with Crippen LogP contribution in [0.1, 0.15) is 12.8 Å². The number of rotatable bonds is 2. The minimum absolute atomic E-state index is 0.0398. The number of aromatic amines is 2. The first-order valence-electron chi connectivity index (χ1n) is 7.39. The van der Waals surface area contributed by atoms with E-state index in [1.165, 1.54) is 6.07 Å². The first-order chi connectivity index (χ1) is 11.9. The molecule has 1 aliphatic rings. The lowest BCUT2D eigenvalue weighted by atomic mass is 10.2. The summed E-state index contributed by atoms with van der Waals surface area (Å²) in [5.74, 6) is -0.860. The van der Waals surface area contributed by atoms with Crippen LogP contribution < -0.4 is 16.1 Å². The van der Waals surface area contributed by atoms with Crippen molar-refractivity contribution in [2.75, 3.05) is 11.4 Å². The number of H-pyrrole nitrogens is 2. The highest BCUT2D eigenvalue weighted by molar-refractivity contribution is 5.75. The van der Waals surface area contributed by atoms with Gasteiger partial charge in [-0.25, -0.2) is 9.78 Å². The number of hydrogen-bond donors (Lipinski definition) is 2. The minimum atomic E-state index is -3.11. The second-order valence-electron chi connectivity index (χ2n) is 5.64. The Hall–Kier alpha value is -3.11. The van der Waals surface area contributed by atoms with Gasteiger partial charge in [-0.3, -0.25) is 9.78 Å². The van der Waals surface area contributed by atoms with E-state index >= 15 is 0 Å². The highest BCUT2D eigenvalue weighted by Gasteiger charge is 2.43. The van der Waals surface area contributed by atoms with E-state index in [-0.39, 0.29) is 42.0 Å². The van der Waals surface area contributed by atoms with Gasteiger partial charge in [-0.1, -0.05) is 0 Å². The van der Waals surface area contributed by atoms with Crippen molar-refractivity contribution in [3.8, 4) is 11.3 Å². The molecule has 0 aromatic carbocycles. The van der Waals surface area contributed by atoms with Crippen LogP contribution in [0.4, 0.5) is 18.9 Å². The Kier molecular flexibility index (Phi) is 3.20. The first-order valence-corrected chi connectivity index (χ1v) is 7.39. The van der Waals surface area contributed by atoms with E-state index in [1.54, 1.807) is 0 Å². The van der Waals surface area contributed by atoms with Gasteiger partial charge in [0.05, 0.1) is 17.4 Å². The van der Waals surface area contributed by atoms with Gasteiger partial charge in [-0.2, -0.15) is 22.8 Å². The summed E-state index contributed by atoms with van der Waals surface area (Å²) in [4.78, 5) is 32.0. The zero-order chi connectivity index (χ0) is 17.8. The lowest BCUT2D eigenvalue weighted by molar-refractivity contribution is 0.0131. The fourth-order valence-corrected chi connectivity index (χ4v) is 2.90. The third kappa shape index (κ3) is 2.39. The quantitative estimate of drug-likeness (QED) is 0.673. The molecule has 3 aromatic rings. The van der Waals surface area contributed by atoms with Crippen molar-refractivity contribution in [2.24, 2.45) is 0 Å². The Morgan fingerprint density at radius 1 is 1.28 bits per heavy atom. The molecule has 1 saturated heterocycles. The van der Waals surface area contributed by atoms with Crippen LogP contribution in [0.15, 0.2) is 28.0 Å². The van der Waals surface area contributed by atoms with Crippen LogP contribution in [0.2, 0.25) is 0 Å². The second kappa shape index (κ2) is 5.19. The molecule has 4 rings (SSSR count). The van der Waals surface area contributed by atoms with Gasteiger partial charge in [-0.15, -0.1) is 0 Å². The number of anilines is 1. The number of fused-ring (bicyclic) bond motifs is 1. The monoisotopic (exact) mass is 352 g/mol. The Balaban J connectivity index is 2.00. The summed E-state index contributed by atoms with van der Waals surface area (Å²) in [5.41, 5.74) is -1.77. The van der Waals surface area contributed by atoms with Gasteiger partial charge in [0.2, 0.25) is 5.95 Å². The Morgan fingerprint density at radius 3 is 2.76 bits per heavy atom. The lowest BCUT2D eigenvalue weighted by Crippen LogP contribution is -2.36. The molecule has 0 unspecified atom stereocenters. The van der Waals surface area contributed by atoms with E-state index in [9.17, 15) is 22.8 Å². The average Bonchev–Trinajstić information content (AvgIpc) is 3.09. The van der Waals surface area contributed by atoms with Crippen molar-refractivity contribution in [1.29, 1.82) is 0 Å². The zero-order valence-electron chi connectivity index (χ0n) is 12.6. The van der Waals surface area contributed by atoms with Gasteiger partial charge in [0, 0.05) is 19.2 Å². The summed E-state index contributed by atoms with van der Waals surface area (Å²) in [6.45, 7) is 0.0581. The first kappa shape index (κ1) is 15.4. The summed E-state index contributed by atoms with van der Waals surface area (Å²) in [6, 6.07) is -1.87. The SMILES string of the molecule is O=c1[nH]cc(-c2cc(N3CCCC3(F)F)c3ncc(F)n3n2)c(=O)[nH]1. The van der Waals surface area contributed by atoms with Crippen LogP contribution >= 0.6 is 0 Å². The van der Waals surface area contributed by atoms with Crippen LogP contribution in [0.3, 0.4) is 0 Å². The van der Waals surface area contributed by atoms with Gasteiger partial charge >= 0.3 is 11.7 Å². The fraction of sp³-hybridized carbons (Fsp3) is 0.286. The number of alkyl halides is 2. The lowest BCUT2D eigenvalue weighted by Gasteiger charge is -2.26. The molecule has 4 heterocycles. The van der Waals surface area contributed by atoms with Gasteiger partial charge in [0.25, 0.3) is 5.56 Å². The van der Waals surface area contributed by atoms with E-state index in [2.05, 4.69) is 15.1 Å². The van der Waals surface area contributed by atoms with Crippen LogP contribution in [0, 0.1) is 5.95 Å². The van der Waals surface area contributed by atoms with E-state index in [0.29, 0.717) is 0 Å². The maximum atomic E-state index is 14.2. The predicted octanol–water partition coefficient (Wildman–Crippen LogP) is 1.10. The van der Waals surface area contributed by atoms with E-state index in [0.717, 1.165) is 21.8 Å². The van der Waals surface area contributed by atoms with E-state index < -0.39 is 23.2 Å². The Bertz CT molecular complexity index is 1090. The van der Waals surface area contributed by atoms with Gasteiger partial charge in [-0.05, 0) is 12.5 Å². The largest absolute Gasteiger partial charge is 0.325 e. The molecule has 1 fully saturated rings. The molecule has 1 aliphatic heterocycles. The summed E-state index contributed by atoms with van der Waals surface area (Å²) in [5, 5.41) is 3.94. The molecule has 0 bridgehead atoms. The number of nitrogens with one attached hydrogen (secondary N) is 2.